The fourth-order valence-corrected chi connectivity index (χ4v) is 2.44. The van der Waals surface area contributed by atoms with Gasteiger partial charge in [0.15, 0.2) is 0 Å². The summed E-state index contributed by atoms with van der Waals surface area (Å²) in [7, 11) is 1.36. The maximum absolute atomic E-state index is 11.6. The number of benzene rings is 1. The van der Waals surface area contributed by atoms with Crippen molar-refractivity contribution in [3.8, 4) is 0 Å². The van der Waals surface area contributed by atoms with E-state index in [0.717, 1.165) is 11.8 Å². The molecule has 0 aromatic heterocycles. The number of aldehydes is 1. The first-order chi connectivity index (χ1) is 8.69. The van der Waals surface area contributed by atoms with Crippen LogP contribution in [-0.4, -0.2) is 26.0 Å². The van der Waals surface area contributed by atoms with Crippen LogP contribution in [0, 0.1) is 5.92 Å². The summed E-state index contributed by atoms with van der Waals surface area (Å²) in [6, 6.07) is 7.20. The molecule has 1 aliphatic rings. The Morgan fingerprint density at radius 3 is 2.83 bits per heavy atom. The number of hydrogen-bond donors (Lipinski definition) is 0. The molecule has 0 N–H and O–H groups in total. The van der Waals surface area contributed by atoms with Crippen LogP contribution < -0.4 is 0 Å². The molecule has 96 valence electrons. The summed E-state index contributed by atoms with van der Waals surface area (Å²) in [6.07, 6.45) is 1.36. The minimum Gasteiger partial charge on any atom is -0.469 e. The van der Waals surface area contributed by atoms with Crippen LogP contribution in [-0.2, 0) is 19.9 Å². The van der Waals surface area contributed by atoms with Gasteiger partial charge in [-0.1, -0.05) is 24.3 Å². The van der Waals surface area contributed by atoms with E-state index in [1.807, 2.05) is 19.1 Å². The molecule has 2 atom stereocenters. The van der Waals surface area contributed by atoms with Crippen LogP contribution in [0.1, 0.15) is 29.3 Å². The Morgan fingerprint density at radius 1 is 1.50 bits per heavy atom. The van der Waals surface area contributed by atoms with E-state index in [1.54, 1.807) is 12.1 Å². The topological polar surface area (TPSA) is 52.6 Å². The van der Waals surface area contributed by atoms with E-state index in [2.05, 4.69) is 0 Å². The molecular weight excluding hydrogens is 232 g/mol. The van der Waals surface area contributed by atoms with E-state index in [0.29, 0.717) is 18.6 Å². The van der Waals surface area contributed by atoms with Crippen molar-refractivity contribution in [2.24, 2.45) is 5.92 Å². The molecule has 1 aliphatic carbocycles. The normalized spacial score (nSPS) is 25.6. The second kappa shape index (κ2) is 4.90. The highest BCUT2D eigenvalue weighted by molar-refractivity contribution is 5.83. The molecule has 0 saturated heterocycles. The van der Waals surface area contributed by atoms with Gasteiger partial charge in [0.05, 0.1) is 13.0 Å². The summed E-state index contributed by atoms with van der Waals surface area (Å²) in [5.74, 6) is -0.604. The van der Waals surface area contributed by atoms with Crippen molar-refractivity contribution in [3.05, 3.63) is 35.4 Å². The molecule has 4 nitrogen and oxygen atoms in total. The molecule has 18 heavy (non-hydrogen) atoms. The molecule has 0 spiro atoms. The first kappa shape index (κ1) is 12.8. The molecule has 0 bridgehead atoms. The van der Waals surface area contributed by atoms with E-state index >= 15 is 0 Å². The van der Waals surface area contributed by atoms with Crippen molar-refractivity contribution in [2.75, 3.05) is 13.7 Å². The minimum atomic E-state index is -0.681. The van der Waals surface area contributed by atoms with Gasteiger partial charge in [0, 0.05) is 12.2 Å². The third-order valence-corrected chi connectivity index (χ3v) is 3.34. The number of ether oxygens (including phenoxy) is 2. The van der Waals surface area contributed by atoms with Gasteiger partial charge in [-0.05, 0) is 18.9 Å². The van der Waals surface area contributed by atoms with Gasteiger partial charge >= 0.3 is 5.97 Å². The quantitative estimate of drug-likeness (QED) is 0.590. The van der Waals surface area contributed by atoms with Crippen LogP contribution in [0.15, 0.2) is 24.3 Å². The standard InChI is InChI=1S/C14H16O4/c1-3-18-14(8-12(14)13(16)17-2)11-7-5-4-6-10(11)9-15/h4-7,9,12H,3,8H2,1-2H3/t12-,14-/m1/s1. The SMILES string of the molecule is CCO[C@@]1(c2ccccc2C=O)C[C@@H]1C(=O)OC. The predicted molar refractivity (Wildman–Crippen MR) is 65.3 cm³/mol. The van der Waals surface area contributed by atoms with Crippen LogP contribution in [0.3, 0.4) is 0 Å². The van der Waals surface area contributed by atoms with Crippen molar-refractivity contribution in [1.29, 1.82) is 0 Å². The van der Waals surface area contributed by atoms with Crippen LogP contribution >= 0.6 is 0 Å². The maximum atomic E-state index is 11.6. The van der Waals surface area contributed by atoms with Gasteiger partial charge in [0.25, 0.3) is 0 Å². The second-order valence-electron chi connectivity index (χ2n) is 4.31. The maximum Gasteiger partial charge on any atom is 0.312 e. The lowest BCUT2D eigenvalue weighted by atomic mass is 9.99. The Kier molecular flexibility index (Phi) is 3.48. The molecular formula is C14H16O4. The molecule has 4 heteroatoms. The number of hydrogen-bond acceptors (Lipinski definition) is 4. The molecule has 1 aromatic rings. The highest BCUT2D eigenvalue weighted by atomic mass is 16.5. The molecule has 1 saturated carbocycles. The van der Waals surface area contributed by atoms with Crippen LogP contribution in [0.2, 0.25) is 0 Å². The smallest absolute Gasteiger partial charge is 0.312 e. The Bertz CT molecular complexity index is 469. The van der Waals surface area contributed by atoms with E-state index in [-0.39, 0.29) is 11.9 Å². The van der Waals surface area contributed by atoms with Gasteiger partial charge in [-0.15, -0.1) is 0 Å². The fourth-order valence-electron chi connectivity index (χ4n) is 2.44. The lowest BCUT2D eigenvalue weighted by Crippen LogP contribution is -2.21. The molecule has 0 aliphatic heterocycles. The van der Waals surface area contributed by atoms with Crippen molar-refractivity contribution in [3.63, 3.8) is 0 Å². The van der Waals surface area contributed by atoms with Crippen LogP contribution in [0.5, 0.6) is 0 Å². The average molecular weight is 248 g/mol. The first-order valence-corrected chi connectivity index (χ1v) is 5.96. The van der Waals surface area contributed by atoms with Gasteiger partial charge in [0.1, 0.15) is 11.9 Å². The zero-order chi connectivity index (χ0) is 13.2. The number of carbonyl (C=O) groups is 2. The fraction of sp³-hybridized carbons (Fsp3) is 0.429. The van der Waals surface area contributed by atoms with Crippen molar-refractivity contribution in [2.45, 2.75) is 18.9 Å². The Morgan fingerprint density at radius 2 is 2.22 bits per heavy atom. The monoisotopic (exact) mass is 248 g/mol. The van der Waals surface area contributed by atoms with Crippen molar-refractivity contribution < 1.29 is 19.1 Å². The highest BCUT2D eigenvalue weighted by Crippen LogP contribution is 2.56. The third-order valence-electron chi connectivity index (χ3n) is 3.34. The summed E-state index contributed by atoms with van der Waals surface area (Å²) in [5.41, 5.74) is 0.661. The van der Waals surface area contributed by atoms with Gasteiger partial charge in [-0.25, -0.2) is 0 Å². The molecule has 0 unspecified atom stereocenters. The van der Waals surface area contributed by atoms with Gasteiger partial charge < -0.3 is 9.47 Å². The second-order valence-corrected chi connectivity index (χ2v) is 4.31. The number of methoxy groups -OCH3 is 1. The Labute approximate surface area is 106 Å². The Balaban J connectivity index is 2.38. The summed E-state index contributed by atoms with van der Waals surface area (Å²) < 4.78 is 10.5. The van der Waals surface area contributed by atoms with Gasteiger partial charge in [-0.2, -0.15) is 0 Å². The van der Waals surface area contributed by atoms with Crippen molar-refractivity contribution >= 4 is 12.3 Å². The molecule has 0 amide bonds. The summed E-state index contributed by atoms with van der Waals surface area (Å²) in [6.45, 7) is 2.36. The minimum absolute atomic E-state index is 0.288. The number of esters is 1. The van der Waals surface area contributed by atoms with Gasteiger partial charge in [0.2, 0.25) is 0 Å². The molecule has 0 heterocycles. The zero-order valence-corrected chi connectivity index (χ0v) is 10.5. The number of rotatable bonds is 5. The van der Waals surface area contributed by atoms with Crippen molar-refractivity contribution in [1.82, 2.24) is 0 Å². The third kappa shape index (κ3) is 1.93. The van der Waals surface area contributed by atoms with Crippen LogP contribution in [0.4, 0.5) is 0 Å². The largest absolute Gasteiger partial charge is 0.469 e. The first-order valence-electron chi connectivity index (χ1n) is 5.96. The van der Waals surface area contributed by atoms with Gasteiger partial charge in [-0.3, -0.25) is 9.59 Å². The molecule has 0 radical (unpaired) electrons. The van der Waals surface area contributed by atoms with Crippen LogP contribution in [0.25, 0.3) is 0 Å². The predicted octanol–water partition coefficient (Wildman–Crippen LogP) is 1.92. The summed E-state index contributed by atoms with van der Waals surface area (Å²) in [4.78, 5) is 22.7. The zero-order valence-electron chi connectivity index (χ0n) is 10.5. The lowest BCUT2D eigenvalue weighted by molar-refractivity contribution is -0.145. The van der Waals surface area contributed by atoms with E-state index < -0.39 is 5.60 Å². The lowest BCUT2D eigenvalue weighted by Gasteiger charge is -2.19. The van der Waals surface area contributed by atoms with E-state index in [4.69, 9.17) is 9.47 Å². The Hall–Kier alpha value is -1.68. The molecule has 2 rings (SSSR count). The summed E-state index contributed by atoms with van der Waals surface area (Å²) >= 11 is 0. The van der Waals surface area contributed by atoms with E-state index in [9.17, 15) is 9.59 Å². The average Bonchev–Trinajstić information content (AvgIpc) is 3.14. The highest BCUT2D eigenvalue weighted by Gasteiger charge is 2.62. The van der Waals surface area contributed by atoms with E-state index in [1.165, 1.54) is 7.11 Å². The molecule has 1 fully saturated rings. The molecule has 1 aromatic carbocycles. The number of carbonyl (C=O) groups excluding carboxylic acids is 2. The summed E-state index contributed by atoms with van der Waals surface area (Å²) in [5, 5.41) is 0.